The number of nitrogens with two attached hydrogens (primary N) is 5. The molecule has 0 atom stereocenters. The number of aliphatic hydroxyl groups is 1. The van der Waals surface area contributed by atoms with E-state index in [1.54, 1.807) is 68.4 Å². The van der Waals surface area contributed by atoms with Crippen molar-refractivity contribution >= 4 is 131 Å². The Hall–Kier alpha value is -16.1. The molecule has 10 aromatic carbocycles. The molecule has 0 bridgehead atoms. The highest BCUT2D eigenvalue weighted by molar-refractivity contribution is 6.20. The van der Waals surface area contributed by atoms with Crippen molar-refractivity contribution < 1.29 is 126 Å². The standard InChI is InChI=1S/2C20H16O8.C19H19N3O.C17H6O7.C6H8N2.2CH2O/c1-3-28-20(27)14-7-5-12(9-16(14)19(25)26)17(22)11-4-6-13(18(23)24)15(8-11)10(2)21;1-3-28-20(27)16-9-12(5-7-14(16)19(25)26)17(22)11-4-6-13(18(23)24)15(8-11)10(2)21;20-16-7-1-13(2-8-16)19(23,14-3-9-17(21)10-4-14)15-5-11-18(22)12-6-15;18-13(7-1-3-9-11(5-7)16(21)23-14(9)19)8-2-4-10-12(6-8)17(22)24-15(10)20;7-5-2-1-3-6(8)4-5;2*1-2/h2*4-9H,3H2,1-2H3,(H,23,24)(H,25,26);1-12,23H,20-22H2;1-6H;1-4H,7-8H2;2*1H2. The molecule has 0 unspecified atom stereocenters. The number of carboxylic acids is 4. The van der Waals surface area contributed by atoms with E-state index in [4.69, 9.17) is 57.9 Å². The van der Waals surface area contributed by atoms with Gasteiger partial charge in [0.05, 0.1) is 68.8 Å². The van der Waals surface area contributed by atoms with E-state index in [1.165, 1.54) is 80.6 Å². The number of hydrogen-bond donors (Lipinski definition) is 10. The summed E-state index contributed by atoms with van der Waals surface area (Å²) in [5, 5.41) is 48.4. The van der Waals surface area contributed by atoms with Crippen molar-refractivity contribution in [1.82, 2.24) is 0 Å². The molecule has 0 fully saturated rings. The molecule has 115 heavy (non-hydrogen) atoms. The van der Waals surface area contributed by atoms with E-state index in [9.17, 15) is 87.2 Å². The monoisotopic (exact) mass is 1560 g/mol. The van der Waals surface area contributed by atoms with Crippen LogP contribution in [0.15, 0.2) is 206 Å². The fourth-order valence-electron chi connectivity index (χ4n) is 11.0. The van der Waals surface area contributed by atoms with E-state index < -0.39 is 99.8 Å². The van der Waals surface area contributed by atoms with Crippen LogP contribution in [-0.2, 0) is 34.1 Å². The molecule has 2 aliphatic heterocycles. The normalized spacial score (nSPS) is 11.1. The Kier molecular flexibility index (Phi) is 30.1. The first-order valence-electron chi connectivity index (χ1n) is 33.4. The number of Topliss-reactive ketones (excluding diaryl/α,β-unsaturated/α-hetero) is 2. The van der Waals surface area contributed by atoms with Crippen molar-refractivity contribution in [2.75, 3.05) is 41.9 Å². The molecule has 31 nitrogen and oxygen atoms in total. The number of hydrogen-bond acceptors (Lipinski definition) is 27. The number of carboxylic acid groups (broad SMARTS) is 4. The van der Waals surface area contributed by atoms with Crippen LogP contribution in [0.1, 0.15) is 216 Å². The number of carbonyl (C=O) groups is 17. The Balaban J connectivity index is 0.000000228. The van der Waals surface area contributed by atoms with Gasteiger partial charge in [-0.15, -0.1) is 0 Å². The second kappa shape index (κ2) is 39.4. The summed E-state index contributed by atoms with van der Waals surface area (Å²) < 4.78 is 18.6. The van der Waals surface area contributed by atoms with Gasteiger partial charge in [0, 0.05) is 72.9 Å². The largest absolute Gasteiger partial charge is 0.478 e. The summed E-state index contributed by atoms with van der Waals surface area (Å²) in [5.74, 6) is -13.0. The van der Waals surface area contributed by atoms with Crippen molar-refractivity contribution in [3.63, 3.8) is 0 Å². The van der Waals surface area contributed by atoms with Crippen LogP contribution in [0.4, 0.5) is 28.4 Å². The summed E-state index contributed by atoms with van der Waals surface area (Å²) in [6.07, 6.45) is 0. The first kappa shape index (κ1) is 87.9. The van der Waals surface area contributed by atoms with Gasteiger partial charge in [-0.3, -0.25) is 24.0 Å². The van der Waals surface area contributed by atoms with Crippen LogP contribution >= 0.6 is 0 Å². The molecule has 31 heteroatoms. The Morgan fingerprint density at radius 1 is 0.322 bits per heavy atom. The predicted octanol–water partition coefficient (Wildman–Crippen LogP) is 10.1. The molecule has 586 valence electrons. The van der Waals surface area contributed by atoms with Gasteiger partial charge in [0.1, 0.15) is 19.2 Å². The summed E-state index contributed by atoms with van der Waals surface area (Å²) in [7, 11) is 0. The van der Waals surface area contributed by atoms with E-state index in [-0.39, 0.29) is 108 Å². The lowest BCUT2D eigenvalue weighted by Crippen LogP contribution is -2.28. The minimum Gasteiger partial charge on any atom is -0.478 e. The number of cyclic esters (lactones) is 4. The van der Waals surface area contributed by atoms with Crippen LogP contribution in [0.3, 0.4) is 0 Å². The quantitative estimate of drug-likeness (QED) is 0.00898. The van der Waals surface area contributed by atoms with E-state index in [0.29, 0.717) is 28.4 Å². The fourth-order valence-corrected chi connectivity index (χ4v) is 11.0. The highest BCUT2D eigenvalue weighted by Gasteiger charge is 2.36. The molecule has 0 aromatic heterocycles. The second-order valence-corrected chi connectivity index (χ2v) is 23.9. The molecule has 0 spiro atoms. The third-order valence-corrected chi connectivity index (χ3v) is 16.5. The van der Waals surface area contributed by atoms with Crippen molar-refractivity contribution in [2.24, 2.45) is 0 Å². The average molecular weight is 1560 g/mol. The highest BCUT2D eigenvalue weighted by atomic mass is 16.6. The van der Waals surface area contributed by atoms with Crippen LogP contribution in [-0.4, -0.2) is 141 Å². The average Bonchev–Trinajstić information content (AvgIpc) is 1.38. The Bertz CT molecular complexity index is 5330. The first-order valence-corrected chi connectivity index (χ1v) is 33.4. The molecule has 0 saturated heterocycles. The maximum Gasteiger partial charge on any atom is 0.346 e. The van der Waals surface area contributed by atoms with Gasteiger partial charge < -0.3 is 82.7 Å². The maximum absolute atomic E-state index is 12.8. The number of ether oxygens (including phenoxy) is 4. The Morgan fingerprint density at radius 2 is 0.583 bits per heavy atom. The van der Waals surface area contributed by atoms with E-state index in [1.807, 2.05) is 56.0 Å². The second-order valence-electron chi connectivity index (χ2n) is 23.9. The summed E-state index contributed by atoms with van der Waals surface area (Å²) in [6.45, 7) is 9.56. The predicted molar refractivity (Wildman–Crippen MR) is 412 cm³/mol. The van der Waals surface area contributed by atoms with Crippen LogP contribution in [0.25, 0.3) is 0 Å². The zero-order valence-corrected chi connectivity index (χ0v) is 61.2. The molecule has 15 N–H and O–H groups in total. The van der Waals surface area contributed by atoms with Crippen molar-refractivity contribution in [3.8, 4) is 0 Å². The van der Waals surface area contributed by atoms with Gasteiger partial charge in [-0.25, -0.2) is 47.9 Å². The molecule has 12 rings (SSSR count). The Morgan fingerprint density at radius 3 is 0.870 bits per heavy atom. The van der Waals surface area contributed by atoms with Crippen LogP contribution in [0.2, 0.25) is 0 Å². The third kappa shape index (κ3) is 21.3. The van der Waals surface area contributed by atoms with E-state index in [2.05, 4.69) is 9.47 Å². The van der Waals surface area contributed by atoms with Gasteiger partial charge in [-0.05, 0) is 172 Å². The van der Waals surface area contributed by atoms with Crippen LogP contribution in [0, 0.1) is 0 Å². The summed E-state index contributed by atoms with van der Waals surface area (Å²) >= 11 is 0. The molecule has 10 aromatic rings. The maximum atomic E-state index is 12.8. The zero-order chi connectivity index (χ0) is 85.5. The molecule has 0 amide bonds. The number of aromatic carboxylic acids is 4. The molecule has 0 radical (unpaired) electrons. The molecule has 0 aliphatic carbocycles. The molecular formula is C84H69N5O26. The fraction of sp³-hybridized carbons (Fsp3) is 0.0833. The van der Waals surface area contributed by atoms with Gasteiger partial charge in [0.2, 0.25) is 0 Å². The molecule has 0 saturated carbocycles. The van der Waals surface area contributed by atoms with Gasteiger partial charge >= 0.3 is 59.7 Å². The van der Waals surface area contributed by atoms with Gasteiger partial charge in [-0.2, -0.15) is 0 Å². The molecular weight excluding hydrogens is 1490 g/mol. The lowest BCUT2D eigenvalue weighted by Gasteiger charge is -2.30. The smallest absolute Gasteiger partial charge is 0.346 e. The van der Waals surface area contributed by atoms with Crippen LogP contribution < -0.4 is 28.7 Å². The lowest BCUT2D eigenvalue weighted by molar-refractivity contribution is -0.0987. The summed E-state index contributed by atoms with van der Waals surface area (Å²) in [6, 6.07) is 50.7. The highest BCUT2D eigenvalue weighted by Crippen LogP contribution is 2.38. The number of fused-ring (bicyclic) bond motifs is 2. The van der Waals surface area contributed by atoms with Crippen LogP contribution in [0.5, 0.6) is 0 Å². The number of nitrogen functional groups attached to an aromatic ring is 5. The van der Waals surface area contributed by atoms with Gasteiger partial charge in [-0.1, -0.05) is 78.9 Å². The van der Waals surface area contributed by atoms with Crippen molar-refractivity contribution in [1.29, 1.82) is 0 Å². The Labute approximate surface area is 652 Å². The number of anilines is 5. The number of carbonyl (C=O) groups excluding carboxylic acids is 13. The number of rotatable bonds is 19. The lowest BCUT2D eigenvalue weighted by atomic mass is 9.80. The minimum absolute atomic E-state index is 0.00868. The number of esters is 6. The van der Waals surface area contributed by atoms with E-state index in [0.717, 1.165) is 59.2 Å². The number of ketones is 5. The van der Waals surface area contributed by atoms with E-state index >= 15 is 0 Å². The third-order valence-electron chi connectivity index (χ3n) is 16.5. The number of benzene rings is 10. The SMILES string of the molecule is C=O.C=O.CCOC(=O)c1cc(C(=O)c2ccc(C(=O)O)c(C(C)=O)c2)ccc1C(=O)O.CCOC(=O)c1ccc(C(=O)c2ccc(C(=O)O)c(C(C)=O)c2)cc1C(=O)O.Nc1ccc(C(O)(c2ccc(N)cc2)c2ccc(N)cc2)cc1.Nc1cccc(N)c1.O=C(c1ccc2c(c1)C(=O)OC2=O)c1ccc2c(c1)C(=O)OC2=O. The van der Waals surface area contributed by atoms with Crippen molar-refractivity contribution in [3.05, 3.63) is 323 Å². The minimum atomic E-state index is -1.41. The summed E-state index contributed by atoms with van der Waals surface area (Å²) in [4.78, 5) is 193. The molecule has 2 aliphatic rings. The zero-order valence-electron chi connectivity index (χ0n) is 61.2. The van der Waals surface area contributed by atoms with Gasteiger partial charge in [0.15, 0.2) is 28.9 Å². The van der Waals surface area contributed by atoms with Crippen molar-refractivity contribution in [2.45, 2.75) is 33.3 Å². The summed E-state index contributed by atoms with van der Waals surface area (Å²) in [5.41, 5.74) is 30.8. The first-order chi connectivity index (χ1) is 54.6. The van der Waals surface area contributed by atoms with Gasteiger partial charge in [0.25, 0.3) is 0 Å². The topological polar surface area (TPSA) is 558 Å². The molecule has 2 heterocycles.